The van der Waals surface area contributed by atoms with Crippen LogP contribution >= 0.6 is 0 Å². The van der Waals surface area contributed by atoms with Crippen LogP contribution in [-0.4, -0.2) is 21.8 Å². The quantitative estimate of drug-likeness (QED) is 0.522. The van der Waals surface area contributed by atoms with Crippen molar-refractivity contribution in [1.29, 1.82) is 0 Å². The zero-order valence-electron chi connectivity index (χ0n) is 14.0. The number of nitro groups is 1. The summed E-state index contributed by atoms with van der Waals surface area (Å²) in [6, 6.07) is 7.16. The minimum atomic E-state index is -1.26. The van der Waals surface area contributed by atoms with Crippen LogP contribution in [0.15, 0.2) is 34.7 Å². The molecular formula is C17H17N3O5. The molecule has 3 amide bonds. The number of nitrogens with zero attached hydrogens (tertiary/aromatic N) is 2. The largest absolute Gasteiger partial charge is 0.466 e. The molecule has 25 heavy (non-hydrogen) atoms. The van der Waals surface area contributed by atoms with Gasteiger partial charge in [-0.1, -0.05) is 18.2 Å². The Labute approximate surface area is 143 Å². The van der Waals surface area contributed by atoms with E-state index < -0.39 is 22.4 Å². The Kier molecular flexibility index (Phi) is 3.82. The Morgan fingerprint density at radius 2 is 1.96 bits per heavy atom. The number of amides is 3. The average molecular weight is 343 g/mol. The Hall–Kier alpha value is -3.16. The molecule has 0 bridgehead atoms. The minimum Gasteiger partial charge on any atom is -0.466 e. The van der Waals surface area contributed by atoms with Gasteiger partial charge in [-0.25, -0.2) is 4.79 Å². The number of carbonyl (C=O) groups is 2. The highest BCUT2D eigenvalue weighted by Crippen LogP contribution is 2.34. The molecule has 1 fully saturated rings. The van der Waals surface area contributed by atoms with E-state index in [9.17, 15) is 19.7 Å². The summed E-state index contributed by atoms with van der Waals surface area (Å²) in [7, 11) is 0. The van der Waals surface area contributed by atoms with Gasteiger partial charge in [0.15, 0.2) is 0 Å². The third kappa shape index (κ3) is 2.65. The minimum absolute atomic E-state index is 0.132. The summed E-state index contributed by atoms with van der Waals surface area (Å²) >= 11 is 0. The molecule has 0 aliphatic carbocycles. The lowest BCUT2D eigenvalue weighted by molar-refractivity contribution is -0.385. The van der Waals surface area contributed by atoms with Gasteiger partial charge in [0.2, 0.25) is 0 Å². The zero-order valence-corrected chi connectivity index (χ0v) is 14.0. The standard InChI is InChI=1S/C17H17N3O5/c1-10-8-13(11(2)25-10)17(3)15(21)19(16(22)18-17)9-12-6-4-5-7-14(12)20(23)24/h4-8H,9H2,1-3H3,(H,18,22)/t17-/m1/s1. The number of hydrogen-bond acceptors (Lipinski definition) is 5. The summed E-state index contributed by atoms with van der Waals surface area (Å²) < 4.78 is 5.47. The number of para-hydroxylation sites is 1. The lowest BCUT2D eigenvalue weighted by Gasteiger charge is -2.21. The number of nitro benzene ring substituents is 1. The maximum atomic E-state index is 12.9. The molecule has 0 unspecified atom stereocenters. The van der Waals surface area contributed by atoms with Gasteiger partial charge in [0.05, 0.1) is 11.5 Å². The molecule has 1 aliphatic heterocycles. The fourth-order valence-corrected chi connectivity index (χ4v) is 3.14. The van der Waals surface area contributed by atoms with Crippen LogP contribution in [0.2, 0.25) is 0 Å². The number of furan rings is 1. The number of carbonyl (C=O) groups excluding carboxylic acids is 2. The lowest BCUT2D eigenvalue weighted by Crippen LogP contribution is -2.41. The predicted molar refractivity (Wildman–Crippen MR) is 87.7 cm³/mol. The summed E-state index contributed by atoms with van der Waals surface area (Å²) in [4.78, 5) is 36.9. The van der Waals surface area contributed by atoms with Gasteiger partial charge in [0, 0.05) is 17.2 Å². The van der Waals surface area contributed by atoms with E-state index in [4.69, 9.17) is 4.42 Å². The average Bonchev–Trinajstić information content (AvgIpc) is 3.00. The first-order valence-electron chi connectivity index (χ1n) is 7.68. The van der Waals surface area contributed by atoms with Crippen molar-refractivity contribution in [2.45, 2.75) is 32.9 Å². The van der Waals surface area contributed by atoms with Crippen LogP contribution in [0.4, 0.5) is 10.5 Å². The molecule has 0 radical (unpaired) electrons. The first-order valence-corrected chi connectivity index (χ1v) is 7.68. The highest BCUT2D eigenvalue weighted by Gasteiger charge is 2.50. The lowest BCUT2D eigenvalue weighted by atomic mass is 9.92. The van der Waals surface area contributed by atoms with Crippen molar-refractivity contribution < 1.29 is 18.9 Å². The molecule has 2 heterocycles. The maximum absolute atomic E-state index is 12.9. The van der Waals surface area contributed by atoms with E-state index in [1.54, 1.807) is 32.9 Å². The number of aryl methyl sites for hydroxylation is 2. The number of benzene rings is 1. The number of hydrogen-bond donors (Lipinski definition) is 1. The van der Waals surface area contributed by atoms with Crippen LogP contribution in [-0.2, 0) is 16.9 Å². The molecule has 1 aromatic carbocycles. The molecule has 8 nitrogen and oxygen atoms in total. The summed E-state index contributed by atoms with van der Waals surface area (Å²) in [5.74, 6) is 0.702. The van der Waals surface area contributed by atoms with Gasteiger partial charge >= 0.3 is 6.03 Å². The van der Waals surface area contributed by atoms with E-state index in [0.717, 1.165) is 4.90 Å². The molecule has 3 rings (SSSR count). The third-order valence-electron chi connectivity index (χ3n) is 4.37. The first kappa shape index (κ1) is 16.7. The molecule has 1 aliphatic rings. The van der Waals surface area contributed by atoms with Crippen LogP contribution in [0.25, 0.3) is 0 Å². The fourth-order valence-electron chi connectivity index (χ4n) is 3.14. The number of nitrogens with one attached hydrogen (secondary N) is 1. The Bertz CT molecular complexity index is 888. The van der Waals surface area contributed by atoms with Gasteiger partial charge in [-0.2, -0.15) is 0 Å². The fraction of sp³-hybridized carbons (Fsp3) is 0.294. The molecule has 1 atom stereocenters. The number of imide groups is 1. The van der Waals surface area contributed by atoms with Crippen molar-refractivity contribution >= 4 is 17.6 Å². The van der Waals surface area contributed by atoms with E-state index in [1.165, 1.54) is 18.2 Å². The summed E-state index contributed by atoms with van der Waals surface area (Å²) in [6.07, 6.45) is 0. The molecule has 0 spiro atoms. The van der Waals surface area contributed by atoms with Crippen molar-refractivity contribution in [2.24, 2.45) is 0 Å². The topological polar surface area (TPSA) is 106 Å². The molecular weight excluding hydrogens is 326 g/mol. The van der Waals surface area contributed by atoms with Crippen LogP contribution < -0.4 is 5.32 Å². The molecule has 1 N–H and O–H groups in total. The molecule has 1 aromatic heterocycles. The van der Waals surface area contributed by atoms with Gasteiger partial charge < -0.3 is 9.73 Å². The normalized spacial score (nSPS) is 20.0. The first-order chi connectivity index (χ1) is 11.7. The number of urea groups is 1. The second kappa shape index (κ2) is 5.73. The second-order valence-electron chi connectivity index (χ2n) is 6.16. The van der Waals surface area contributed by atoms with Gasteiger partial charge in [-0.15, -0.1) is 0 Å². The number of rotatable bonds is 4. The summed E-state index contributed by atoms with van der Waals surface area (Å²) in [6.45, 7) is 4.90. The molecule has 1 saturated heterocycles. The van der Waals surface area contributed by atoms with Crippen LogP contribution in [0, 0.1) is 24.0 Å². The van der Waals surface area contributed by atoms with Gasteiger partial charge in [0.25, 0.3) is 11.6 Å². The third-order valence-corrected chi connectivity index (χ3v) is 4.37. The molecule has 2 aromatic rings. The Balaban J connectivity index is 1.95. The van der Waals surface area contributed by atoms with E-state index in [1.807, 2.05) is 0 Å². The second-order valence-corrected chi connectivity index (χ2v) is 6.16. The van der Waals surface area contributed by atoms with Crippen LogP contribution in [0.1, 0.15) is 29.6 Å². The maximum Gasteiger partial charge on any atom is 0.325 e. The Morgan fingerprint density at radius 3 is 2.56 bits per heavy atom. The molecule has 0 saturated carbocycles. The van der Waals surface area contributed by atoms with Gasteiger partial charge in [0.1, 0.15) is 17.1 Å². The van der Waals surface area contributed by atoms with E-state index >= 15 is 0 Å². The van der Waals surface area contributed by atoms with Crippen molar-refractivity contribution in [2.75, 3.05) is 0 Å². The van der Waals surface area contributed by atoms with Gasteiger partial charge in [-0.05, 0) is 26.8 Å². The van der Waals surface area contributed by atoms with Crippen LogP contribution in [0.5, 0.6) is 0 Å². The zero-order chi connectivity index (χ0) is 18.4. The van der Waals surface area contributed by atoms with Crippen LogP contribution in [0.3, 0.4) is 0 Å². The Morgan fingerprint density at radius 1 is 1.28 bits per heavy atom. The SMILES string of the molecule is Cc1cc([C@@]2(C)NC(=O)N(Cc3ccccc3[N+](=O)[O-])C2=O)c(C)o1. The predicted octanol–water partition coefficient (Wildman–Crippen LogP) is 2.77. The molecule has 130 valence electrons. The van der Waals surface area contributed by atoms with E-state index in [-0.39, 0.29) is 12.2 Å². The highest BCUT2D eigenvalue weighted by atomic mass is 16.6. The van der Waals surface area contributed by atoms with E-state index in [0.29, 0.717) is 22.6 Å². The van der Waals surface area contributed by atoms with E-state index in [2.05, 4.69) is 5.32 Å². The summed E-state index contributed by atoms with van der Waals surface area (Å²) in [5.41, 5.74) is -0.525. The van der Waals surface area contributed by atoms with Crippen molar-refractivity contribution in [3.05, 3.63) is 63.1 Å². The summed E-state index contributed by atoms with van der Waals surface area (Å²) in [5, 5.41) is 13.8. The van der Waals surface area contributed by atoms with Crippen molar-refractivity contribution in [3.63, 3.8) is 0 Å². The van der Waals surface area contributed by atoms with Crippen molar-refractivity contribution in [1.82, 2.24) is 10.2 Å². The highest BCUT2D eigenvalue weighted by molar-refractivity contribution is 6.07. The van der Waals surface area contributed by atoms with Crippen molar-refractivity contribution in [3.8, 4) is 0 Å². The molecule has 8 heteroatoms. The monoisotopic (exact) mass is 343 g/mol. The van der Waals surface area contributed by atoms with Gasteiger partial charge in [-0.3, -0.25) is 19.8 Å². The smallest absolute Gasteiger partial charge is 0.325 e.